The Morgan fingerprint density at radius 2 is 1.79 bits per heavy atom. The van der Waals surface area contributed by atoms with E-state index in [1.807, 2.05) is 56.3 Å². The van der Waals surface area contributed by atoms with Gasteiger partial charge in [0, 0.05) is 13.6 Å². The van der Waals surface area contributed by atoms with Crippen LogP contribution in [0.5, 0.6) is 11.5 Å². The summed E-state index contributed by atoms with van der Waals surface area (Å²) >= 11 is 0. The van der Waals surface area contributed by atoms with Gasteiger partial charge in [0.05, 0.1) is 7.11 Å². The van der Waals surface area contributed by atoms with Crippen LogP contribution in [0.15, 0.2) is 42.5 Å². The van der Waals surface area contributed by atoms with Gasteiger partial charge in [-0.2, -0.15) is 0 Å². The quantitative estimate of drug-likeness (QED) is 0.760. The second kappa shape index (κ2) is 9.78. The fraction of sp³-hybridized carbons (Fsp3) is 0.364. The van der Waals surface area contributed by atoms with Crippen molar-refractivity contribution in [3.63, 3.8) is 0 Å². The molecular weight excluding hydrogens is 356 g/mol. The summed E-state index contributed by atoms with van der Waals surface area (Å²) in [6.45, 7) is 5.81. The molecule has 0 saturated carbocycles. The normalized spacial score (nSPS) is 11.5. The Bertz CT molecular complexity index is 818. The van der Waals surface area contributed by atoms with Crippen LogP contribution in [-0.4, -0.2) is 43.5 Å². The van der Waals surface area contributed by atoms with E-state index in [0.717, 1.165) is 22.4 Å². The van der Waals surface area contributed by atoms with Crippen molar-refractivity contribution >= 4 is 11.8 Å². The number of carbonyl (C=O) groups is 2. The monoisotopic (exact) mass is 384 g/mol. The van der Waals surface area contributed by atoms with E-state index in [1.54, 1.807) is 21.1 Å². The van der Waals surface area contributed by atoms with Gasteiger partial charge in [0.25, 0.3) is 5.91 Å². The molecule has 0 fully saturated rings. The molecule has 0 radical (unpaired) electrons. The number of likely N-dealkylation sites (N-methyl/N-ethyl adjacent to an activating group) is 1. The lowest BCUT2D eigenvalue weighted by molar-refractivity contribution is -0.142. The number of aryl methyl sites for hydroxylation is 2. The molecular formula is C22H28N2O4. The molecule has 0 saturated heterocycles. The Morgan fingerprint density at radius 1 is 1.11 bits per heavy atom. The van der Waals surface area contributed by atoms with E-state index in [2.05, 4.69) is 5.32 Å². The van der Waals surface area contributed by atoms with E-state index in [4.69, 9.17) is 9.47 Å². The van der Waals surface area contributed by atoms with Gasteiger partial charge in [-0.1, -0.05) is 29.8 Å². The lowest BCUT2D eigenvalue weighted by Crippen LogP contribution is -2.48. The van der Waals surface area contributed by atoms with Gasteiger partial charge >= 0.3 is 0 Å². The van der Waals surface area contributed by atoms with Gasteiger partial charge < -0.3 is 19.7 Å². The van der Waals surface area contributed by atoms with Crippen molar-refractivity contribution in [3.8, 4) is 11.5 Å². The first kappa shape index (κ1) is 21.3. The highest BCUT2D eigenvalue weighted by Gasteiger charge is 2.26. The number of hydrogen-bond donors (Lipinski definition) is 1. The van der Waals surface area contributed by atoms with E-state index in [0.29, 0.717) is 12.3 Å². The Kier molecular flexibility index (Phi) is 7.44. The fourth-order valence-electron chi connectivity index (χ4n) is 2.90. The topological polar surface area (TPSA) is 67.9 Å². The first-order valence-electron chi connectivity index (χ1n) is 9.19. The van der Waals surface area contributed by atoms with Gasteiger partial charge in [-0.05, 0) is 50.1 Å². The maximum Gasteiger partial charge on any atom is 0.261 e. The van der Waals surface area contributed by atoms with E-state index in [-0.39, 0.29) is 18.4 Å². The molecule has 0 aliphatic heterocycles. The predicted octanol–water partition coefficient (Wildman–Crippen LogP) is 2.85. The summed E-state index contributed by atoms with van der Waals surface area (Å²) in [6.07, 6.45) is 0. The highest BCUT2D eigenvalue weighted by molar-refractivity contribution is 5.87. The number of nitrogens with zero attached hydrogens (tertiary/aromatic N) is 1. The highest BCUT2D eigenvalue weighted by Crippen LogP contribution is 2.19. The van der Waals surface area contributed by atoms with E-state index >= 15 is 0 Å². The first-order chi connectivity index (χ1) is 13.3. The molecule has 2 amide bonds. The third kappa shape index (κ3) is 5.49. The van der Waals surface area contributed by atoms with Crippen molar-refractivity contribution in [3.05, 3.63) is 59.2 Å². The summed E-state index contributed by atoms with van der Waals surface area (Å²) in [5, 5.41) is 2.60. The van der Waals surface area contributed by atoms with Crippen molar-refractivity contribution in [1.29, 1.82) is 0 Å². The Morgan fingerprint density at radius 3 is 2.36 bits per heavy atom. The minimum Gasteiger partial charge on any atom is -0.497 e. The number of amides is 2. The minimum atomic E-state index is -0.623. The first-order valence-corrected chi connectivity index (χ1v) is 9.19. The van der Waals surface area contributed by atoms with Gasteiger partial charge in [0.2, 0.25) is 5.91 Å². The minimum absolute atomic E-state index is 0.138. The third-order valence-electron chi connectivity index (χ3n) is 4.61. The zero-order valence-corrected chi connectivity index (χ0v) is 17.1. The summed E-state index contributed by atoms with van der Waals surface area (Å²) in [4.78, 5) is 26.5. The highest BCUT2D eigenvalue weighted by atomic mass is 16.5. The molecule has 0 aromatic heterocycles. The number of ether oxygens (including phenoxy) is 2. The molecule has 2 aromatic carbocycles. The molecule has 0 heterocycles. The summed E-state index contributed by atoms with van der Waals surface area (Å²) in [5.74, 6) is 0.912. The van der Waals surface area contributed by atoms with Crippen LogP contribution >= 0.6 is 0 Å². The van der Waals surface area contributed by atoms with Crippen LogP contribution in [0.2, 0.25) is 0 Å². The summed E-state index contributed by atoms with van der Waals surface area (Å²) < 4.78 is 10.9. The fourth-order valence-corrected chi connectivity index (χ4v) is 2.90. The lowest BCUT2D eigenvalue weighted by Gasteiger charge is -2.28. The Labute approximate surface area is 166 Å². The van der Waals surface area contributed by atoms with Crippen molar-refractivity contribution in [2.24, 2.45) is 0 Å². The lowest BCUT2D eigenvalue weighted by atomic mass is 10.1. The van der Waals surface area contributed by atoms with Crippen LogP contribution in [0, 0.1) is 13.8 Å². The molecule has 0 aliphatic rings. The van der Waals surface area contributed by atoms with Crippen LogP contribution in [0.25, 0.3) is 0 Å². The van der Waals surface area contributed by atoms with Crippen LogP contribution < -0.4 is 14.8 Å². The SMILES string of the molecule is CNC(=O)C(C)N(Cc1ccc(OC)cc1)C(=O)COc1ccc(C)cc1C. The largest absolute Gasteiger partial charge is 0.497 e. The number of rotatable bonds is 8. The van der Waals surface area contributed by atoms with Crippen molar-refractivity contribution in [1.82, 2.24) is 10.2 Å². The van der Waals surface area contributed by atoms with Crippen molar-refractivity contribution in [2.45, 2.75) is 33.4 Å². The molecule has 28 heavy (non-hydrogen) atoms. The van der Waals surface area contributed by atoms with Crippen LogP contribution in [0.3, 0.4) is 0 Å². The van der Waals surface area contributed by atoms with Crippen LogP contribution in [0.4, 0.5) is 0 Å². The maximum absolute atomic E-state index is 12.9. The number of methoxy groups -OCH3 is 1. The molecule has 0 bridgehead atoms. The van der Waals surface area contributed by atoms with Crippen LogP contribution in [0.1, 0.15) is 23.6 Å². The zero-order chi connectivity index (χ0) is 20.7. The number of nitrogens with one attached hydrogen (secondary N) is 1. The van der Waals surface area contributed by atoms with Gasteiger partial charge in [-0.3, -0.25) is 9.59 Å². The number of hydrogen-bond acceptors (Lipinski definition) is 4. The molecule has 6 nitrogen and oxygen atoms in total. The van der Waals surface area contributed by atoms with E-state index in [9.17, 15) is 9.59 Å². The van der Waals surface area contributed by atoms with Gasteiger partial charge in [0.15, 0.2) is 6.61 Å². The second-order valence-electron chi connectivity index (χ2n) is 6.72. The van der Waals surface area contributed by atoms with Gasteiger partial charge in [-0.15, -0.1) is 0 Å². The summed E-state index contributed by atoms with van der Waals surface area (Å²) in [6, 6.07) is 12.6. The molecule has 0 aliphatic carbocycles. The summed E-state index contributed by atoms with van der Waals surface area (Å²) in [7, 11) is 3.16. The molecule has 2 aromatic rings. The number of carbonyl (C=O) groups excluding carboxylic acids is 2. The molecule has 0 spiro atoms. The number of benzene rings is 2. The second-order valence-corrected chi connectivity index (χ2v) is 6.72. The molecule has 2 rings (SSSR count). The maximum atomic E-state index is 12.9. The third-order valence-corrected chi connectivity index (χ3v) is 4.61. The molecule has 1 unspecified atom stereocenters. The predicted molar refractivity (Wildman–Crippen MR) is 108 cm³/mol. The molecule has 6 heteroatoms. The van der Waals surface area contributed by atoms with Gasteiger partial charge in [0.1, 0.15) is 17.5 Å². The molecule has 1 N–H and O–H groups in total. The Hall–Kier alpha value is -3.02. The Balaban J connectivity index is 2.14. The van der Waals surface area contributed by atoms with Crippen molar-refractivity contribution in [2.75, 3.05) is 20.8 Å². The summed E-state index contributed by atoms with van der Waals surface area (Å²) in [5.41, 5.74) is 3.00. The molecule has 1 atom stereocenters. The average molecular weight is 384 g/mol. The standard InChI is InChI=1S/C22H28N2O4/c1-15-6-11-20(16(2)12-15)28-14-21(25)24(17(3)22(26)23-4)13-18-7-9-19(27-5)10-8-18/h6-12,17H,13-14H2,1-5H3,(H,23,26). The van der Waals surface area contributed by atoms with Crippen LogP contribution in [-0.2, 0) is 16.1 Å². The van der Waals surface area contributed by atoms with E-state index < -0.39 is 6.04 Å². The average Bonchev–Trinajstić information content (AvgIpc) is 2.70. The zero-order valence-electron chi connectivity index (χ0n) is 17.1. The van der Waals surface area contributed by atoms with Gasteiger partial charge in [-0.25, -0.2) is 0 Å². The molecule has 150 valence electrons. The smallest absolute Gasteiger partial charge is 0.261 e. The van der Waals surface area contributed by atoms with Crippen molar-refractivity contribution < 1.29 is 19.1 Å². The van der Waals surface area contributed by atoms with E-state index in [1.165, 1.54) is 4.90 Å².